The van der Waals surface area contributed by atoms with Crippen LogP contribution in [0.2, 0.25) is 0 Å². The molecule has 1 atom stereocenters. The summed E-state index contributed by atoms with van der Waals surface area (Å²) in [6, 6.07) is 10.2. The van der Waals surface area contributed by atoms with Crippen LogP contribution < -0.4 is 15.4 Å². The van der Waals surface area contributed by atoms with Crippen molar-refractivity contribution in [3.8, 4) is 5.75 Å². The Morgan fingerprint density at radius 2 is 2.10 bits per heavy atom. The van der Waals surface area contributed by atoms with Gasteiger partial charge in [-0.25, -0.2) is 4.98 Å². The van der Waals surface area contributed by atoms with E-state index in [1.54, 1.807) is 13.3 Å². The number of halogens is 1. The number of hydrogen-bond acceptors (Lipinski definition) is 4. The molecular formula is C16H20BrN3O. The highest BCUT2D eigenvalue weighted by Crippen LogP contribution is 2.27. The van der Waals surface area contributed by atoms with Crippen molar-refractivity contribution in [1.29, 1.82) is 0 Å². The number of anilines is 2. The van der Waals surface area contributed by atoms with Gasteiger partial charge in [-0.1, -0.05) is 18.2 Å². The van der Waals surface area contributed by atoms with Gasteiger partial charge in [0.2, 0.25) is 0 Å². The lowest BCUT2D eigenvalue weighted by molar-refractivity contribution is 0.408. The number of hydrogen-bond donors (Lipinski definition) is 1. The summed E-state index contributed by atoms with van der Waals surface area (Å²) in [5.74, 6) is 1.80. The largest absolute Gasteiger partial charge is 0.496 e. The smallest absolute Gasteiger partial charge is 0.143 e. The van der Waals surface area contributed by atoms with Crippen LogP contribution in [0.4, 0.5) is 11.5 Å². The molecule has 0 aliphatic carbocycles. The van der Waals surface area contributed by atoms with E-state index in [-0.39, 0.29) is 6.04 Å². The van der Waals surface area contributed by atoms with Gasteiger partial charge in [-0.15, -0.1) is 0 Å². The molecule has 0 aliphatic heterocycles. The van der Waals surface area contributed by atoms with Crippen LogP contribution >= 0.6 is 15.9 Å². The number of rotatable bonds is 5. The molecule has 1 aromatic heterocycles. The molecule has 21 heavy (non-hydrogen) atoms. The molecule has 0 saturated carbocycles. The van der Waals surface area contributed by atoms with Crippen molar-refractivity contribution in [2.24, 2.45) is 0 Å². The molecule has 5 heteroatoms. The molecule has 1 unspecified atom stereocenters. The molecule has 0 radical (unpaired) electrons. The molecule has 0 aliphatic rings. The van der Waals surface area contributed by atoms with E-state index in [0.717, 1.165) is 22.5 Å². The Hall–Kier alpha value is -1.75. The molecule has 0 amide bonds. The summed E-state index contributed by atoms with van der Waals surface area (Å²) in [5, 5.41) is 0. The van der Waals surface area contributed by atoms with Crippen LogP contribution in [0.1, 0.15) is 12.5 Å². The normalized spacial score (nSPS) is 12.0. The first-order valence-corrected chi connectivity index (χ1v) is 7.58. The fraction of sp³-hybridized carbons (Fsp3) is 0.312. The highest BCUT2D eigenvalue weighted by molar-refractivity contribution is 9.10. The van der Waals surface area contributed by atoms with Crippen molar-refractivity contribution < 1.29 is 4.74 Å². The maximum Gasteiger partial charge on any atom is 0.143 e. The monoisotopic (exact) mass is 349 g/mol. The third-order valence-corrected chi connectivity index (χ3v) is 4.13. The van der Waals surface area contributed by atoms with Crippen LogP contribution in [0.25, 0.3) is 0 Å². The lowest BCUT2D eigenvalue weighted by Crippen LogP contribution is -2.31. The van der Waals surface area contributed by atoms with Gasteiger partial charge < -0.3 is 15.4 Å². The minimum atomic E-state index is 0.272. The van der Waals surface area contributed by atoms with Crippen LogP contribution in [0.15, 0.2) is 41.0 Å². The molecule has 0 spiro atoms. The average Bonchev–Trinajstić information content (AvgIpc) is 2.47. The minimum absolute atomic E-state index is 0.272. The number of methoxy groups -OCH3 is 1. The van der Waals surface area contributed by atoms with Gasteiger partial charge in [-0.05, 0) is 47.0 Å². The summed E-state index contributed by atoms with van der Waals surface area (Å²) in [4.78, 5) is 6.54. The minimum Gasteiger partial charge on any atom is -0.496 e. The fourth-order valence-corrected chi connectivity index (χ4v) is 2.89. The highest BCUT2D eigenvalue weighted by atomic mass is 79.9. The zero-order chi connectivity index (χ0) is 15.4. The molecule has 1 aromatic carbocycles. The molecule has 2 aromatic rings. The summed E-state index contributed by atoms with van der Waals surface area (Å²) in [5.41, 5.74) is 7.57. The Bertz CT molecular complexity index is 618. The Labute approximate surface area is 134 Å². The van der Waals surface area contributed by atoms with Gasteiger partial charge in [-0.2, -0.15) is 0 Å². The number of para-hydroxylation sites is 1. The third-order valence-electron chi connectivity index (χ3n) is 3.55. The van der Waals surface area contributed by atoms with Crippen LogP contribution in [0.5, 0.6) is 5.75 Å². The van der Waals surface area contributed by atoms with E-state index in [4.69, 9.17) is 10.5 Å². The van der Waals surface area contributed by atoms with Gasteiger partial charge in [0, 0.05) is 13.1 Å². The molecule has 2 rings (SSSR count). The lowest BCUT2D eigenvalue weighted by atomic mass is 10.1. The Morgan fingerprint density at radius 3 is 2.76 bits per heavy atom. The lowest BCUT2D eigenvalue weighted by Gasteiger charge is -2.27. The van der Waals surface area contributed by atoms with Crippen molar-refractivity contribution >= 4 is 27.4 Å². The first kappa shape index (κ1) is 15.6. The first-order valence-electron chi connectivity index (χ1n) is 6.78. The summed E-state index contributed by atoms with van der Waals surface area (Å²) >= 11 is 3.52. The van der Waals surface area contributed by atoms with Gasteiger partial charge in [0.1, 0.15) is 11.6 Å². The van der Waals surface area contributed by atoms with E-state index in [1.165, 1.54) is 5.56 Å². The number of benzene rings is 1. The quantitative estimate of drug-likeness (QED) is 0.897. The van der Waals surface area contributed by atoms with E-state index in [1.807, 2.05) is 31.3 Å². The summed E-state index contributed by atoms with van der Waals surface area (Å²) < 4.78 is 6.31. The van der Waals surface area contributed by atoms with E-state index in [0.29, 0.717) is 5.69 Å². The van der Waals surface area contributed by atoms with Gasteiger partial charge >= 0.3 is 0 Å². The molecule has 4 nitrogen and oxygen atoms in total. The second-order valence-electron chi connectivity index (χ2n) is 5.05. The molecule has 0 bridgehead atoms. The number of nitrogens with two attached hydrogens (primary N) is 1. The highest BCUT2D eigenvalue weighted by Gasteiger charge is 2.16. The van der Waals surface area contributed by atoms with Gasteiger partial charge in [0.05, 0.1) is 23.5 Å². The number of ether oxygens (including phenoxy) is 1. The molecule has 1 heterocycles. The van der Waals surface area contributed by atoms with Crippen molar-refractivity contribution in [2.75, 3.05) is 24.8 Å². The summed E-state index contributed by atoms with van der Waals surface area (Å²) in [6.45, 7) is 2.16. The van der Waals surface area contributed by atoms with Gasteiger partial charge in [0.25, 0.3) is 0 Å². The van der Waals surface area contributed by atoms with Gasteiger partial charge in [0.15, 0.2) is 0 Å². The topological polar surface area (TPSA) is 51.4 Å². The predicted molar refractivity (Wildman–Crippen MR) is 90.9 cm³/mol. The number of nitrogens with zero attached hydrogens (tertiary/aromatic N) is 2. The average molecular weight is 350 g/mol. The number of aromatic nitrogens is 1. The second kappa shape index (κ2) is 6.80. The number of nitrogen functional groups attached to an aromatic ring is 1. The Kier molecular flexibility index (Phi) is 5.07. The predicted octanol–water partition coefficient (Wildman–Crippen LogP) is 3.50. The number of likely N-dealkylation sites (N-methyl/N-ethyl adjacent to an activating group) is 1. The Morgan fingerprint density at radius 1 is 1.38 bits per heavy atom. The van der Waals surface area contributed by atoms with Crippen molar-refractivity contribution in [2.45, 2.75) is 19.4 Å². The van der Waals surface area contributed by atoms with Crippen molar-refractivity contribution in [3.05, 3.63) is 46.6 Å². The zero-order valence-corrected chi connectivity index (χ0v) is 14.1. The second-order valence-corrected chi connectivity index (χ2v) is 5.90. The fourth-order valence-electron chi connectivity index (χ4n) is 2.24. The molecule has 112 valence electrons. The van der Waals surface area contributed by atoms with E-state index < -0.39 is 0 Å². The first-order chi connectivity index (χ1) is 10.0. The summed E-state index contributed by atoms with van der Waals surface area (Å²) in [6.07, 6.45) is 2.55. The molecule has 0 fully saturated rings. The van der Waals surface area contributed by atoms with E-state index >= 15 is 0 Å². The van der Waals surface area contributed by atoms with Gasteiger partial charge in [-0.3, -0.25) is 0 Å². The van der Waals surface area contributed by atoms with E-state index in [2.05, 4.69) is 38.8 Å². The van der Waals surface area contributed by atoms with E-state index in [9.17, 15) is 0 Å². The van der Waals surface area contributed by atoms with Crippen LogP contribution in [-0.2, 0) is 6.42 Å². The number of pyridine rings is 1. The molecule has 2 N–H and O–H groups in total. The third kappa shape index (κ3) is 3.67. The Balaban J connectivity index is 2.17. The van der Waals surface area contributed by atoms with Crippen LogP contribution in [0.3, 0.4) is 0 Å². The van der Waals surface area contributed by atoms with Crippen LogP contribution in [0, 0.1) is 0 Å². The van der Waals surface area contributed by atoms with Crippen molar-refractivity contribution in [1.82, 2.24) is 4.98 Å². The molecule has 0 saturated heterocycles. The van der Waals surface area contributed by atoms with Crippen LogP contribution in [-0.4, -0.2) is 25.2 Å². The summed E-state index contributed by atoms with van der Waals surface area (Å²) in [7, 11) is 3.73. The zero-order valence-electron chi connectivity index (χ0n) is 12.5. The maximum atomic E-state index is 5.74. The van der Waals surface area contributed by atoms with Crippen molar-refractivity contribution in [3.63, 3.8) is 0 Å². The molecular weight excluding hydrogens is 330 g/mol. The maximum absolute atomic E-state index is 5.74. The SMILES string of the molecule is COc1ccccc1CC(C)N(C)c1ncc(N)cc1Br. The standard InChI is InChI=1S/C16H20BrN3O/c1-11(8-12-6-4-5-7-15(12)21-3)20(2)16-14(17)9-13(18)10-19-16/h4-7,9-11H,8,18H2,1-3H3.